The predicted octanol–water partition coefficient (Wildman–Crippen LogP) is 2.99. The summed E-state index contributed by atoms with van der Waals surface area (Å²) in [5.41, 5.74) is 0.947. The van der Waals surface area contributed by atoms with Crippen molar-refractivity contribution < 1.29 is 14.3 Å². The SMILES string of the molecule is CCOC(=O)c1ccc(=O)n(-c2ncccc2OCc2ccccc2)c1. The van der Waals surface area contributed by atoms with Crippen molar-refractivity contribution >= 4 is 5.97 Å². The Kier molecular flexibility index (Phi) is 5.43. The number of esters is 1. The largest absolute Gasteiger partial charge is 0.485 e. The first-order chi connectivity index (χ1) is 12.7. The maximum absolute atomic E-state index is 12.3. The number of ether oxygens (including phenoxy) is 2. The molecule has 6 heteroatoms. The first-order valence-corrected chi connectivity index (χ1v) is 8.21. The maximum Gasteiger partial charge on any atom is 0.339 e. The van der Waals surface area contributed by atoms with Crippen LogP contribution >= 0.6 is 0 Å². The zero-order valence-corrected chi connectivity index (χ0v) is 14.3. The van der Waals surface area contributed by atoms with Gasteiger partial charge in [-0.2, -0.15) is 0 Å². The molecule has 0 saturated carbocycles. The van der Waals surface area contributed by atoms with Gasteiger partial charge in [0.15, 0.2) is 11.6 Å². The quantitative estimate of drug-likeness (QED) is 0.639. The van der Waals surface area contributed by atoms with Crippen molar-refractivity contribution in [2.24, 2.45) is 0 Å². The molecule has 1 aromatic carbocycles. The van der Waals surface area contributed by atoms with E-state index in [0.717, 1.165) is 5.56 Å². The number of hydrogen-bond acceptors (Lipinski definition) is 5. The lowest BCUT2D eigenvalue weighted by atomic mass is 10.2. The molecule has 0 aliphatic carbocycles. The number of carbonyl (C=O) groups excluding carboxylic acids is 1. The molecular weight excluding hydrogens is 332 g/mol. The van der Waals surface area contributed by atoms with E-state index in [1.54, 1.807) is 25.3 Å². The van der Waals surface area contributed by atoms with Crippen molar-refractivity contribution in [1.82, 2.24) is 9.55 Å². The standard InChI is InChI=1S/C20H18N2O4/c1-2-25-20(24)16-10-11-18(23)22(13-16)19-17(9-6-12-21-19)26-14-15-7-4-3-5-8-15/h3-13H,2,14H2,1H3. The molecule has 2 aromatic heterocycles. The molecule has 6 nitrogen and oxygen atoms in total. The number of aromatic nitrogens is 2. The second-order valence-electron chi connectivity index (χ2n) is 5.45. The average molecular weight is 350 g/mol. The summed E-state index contributed by atoms with van der Waals surface area (Å²) in [5.74, 6) is 0.267. The van der Waals surface area contributed by atoms with Gasteiger partial charge in [0, 0.05) is 18.5 Å². The Labute approximate surface area is 150 Å². The van der Waals surface area contributed by atoms with E-state index < -0.39 is 5.97 Å². The predicted molar refractivity (Wildman–Crippen MR) is 96.6 cm³/mol. The van der Waals surface area contributed by atoms with Crippen LogP contribution in [-0.2, 0) is 11.3 Å². The smallest absolute Gasteiger partial charge is 0.339 e. The third kappa shape index (κ3) is 3.97. The second kappa shape index (κ2) is 8.11. The number of hydrogen-bond donors (Lipinski definition) is 0. The normalized spacial score (nSPS) is 10.3. The minimum absolute atomic E-state index is 0.257. The number of carbonyl (C=O) groups is 1. The van der Waals surface area contributed by atoms with Gasteiger partial charge in [0.1, 0.15) is 6.61 Å². The van der Waals surface area contributed by atoms with Crippen LogP contribution in [0.2, 0.25) is 0 Å². The molecule has 0 bridgehead atoms. The van der Waals surface area contributed by atoms with Gasteiger partial charge in [-0.05, 0) is 30.7 Å². The van der Waals surface area contributed by atoms with Crippen molar-refractivity contribution in [2.75, 3.05) is 6.61 Å². The van der Waals surface area contributed by atoms with Crippen LogP contribution in [0.1, 0.15) is 22.8 Å². The lowest BCUT2D eigenvalue weighted by Gasteiger charge is -2.13. The molecule has 3 aromatic rings. The number of pyridine rings is 2. The van der Waals surface area contributed by atoms with Crippen molar-refractivity contribution in [3.05, 3.63) is 88.5 Å². The van der Waals surface area contributed by atoms with E-state index in [0.29, 0.717) is 18.2 Å². The van der Waals surface area contributed by atoms with Gasteiger partial charge in [-0.15, -0.1) is 0 Å². The Hall–Kier alpha value is -3.41. The lowest BCUT2D eigenvalue weighted by molar-refractivity contribution is 0.0525. The summed E-state index contributed by atoms with van der Waals surface area (Å²) >= 11 is 0. The van der Waals surface area contributed by atoms with Crippen LogP contribution in [0.5, 0.6) is 5.75 Å². The van der Waals surface area contributed by atoms with Crippen molar-refractivity contribution in [1.29, 1.82) is 0 Å². The summed E-state index contributed by atoms with van der Waals surface area (Å²) in [6, 6.07) is 15.9. The van der Waals surface area contributed by atoms with Crippen LogP contribution in [0.25, 0.3) is 5.82 Å². The van der Waals surface area contributed by atoms with Crippen molar-refractivity contribution in [3.8, 4) is 11.6 Å². The summed E-state index contributed by atoms with van der Waals surface area (Å²) in [5, 5.41) is 0. The molecule has 2 heterocycles. The van der Waals surface area contributed by atoms with Crippen LogP contribution in [0.4, 0.5) is 0 Å². The Morgan fingerprint density at radius 1 is 1.08 bits per heavy atom. The van der Waals surface area contributed by atoms with E-state index in [-0.39, 0.29) is 17.7 Å². The monoisotopic (exact) mass is 350 g/mol. The average Bonchev–Trinajstić information content (AvgIpc) is 2.68. The van der Waals surface area contributed by atoms with E-state index in [2.05, 4.69) is 4.98 Å². The van der Waals surface area contributed by atoms with Crippen LogP contribution in [0.15, 0.2) is 71.8 Å². The fourth-order valence-electron chi connectivity index (χ4n) is 2.40. The Morgan fingerprint density at radius 3 is 2.65 bits per heavy atom. The van der Waals surface area contributed by atoms with Crippen LogP contribution in [0, 0.1) is 0 Å². The van der Waals surface area contributed by atoms with Crippen molar-refractivity contribution in [2.45, 2.75) is 13.5 Å². The van der Waals surface area contributed by atoms with Gasteiger partial charge < -0.3 is 9.47 Å². The minimum Gasteiger partial charge on any atom is -0.485 e. The molecule has 0 fully saturated rings. The Balaban J connectivity index is 1.93. The molecule has 0 unspecified atom stereocenters. The molecule has 0 saturated heterocycles. The first-order valence-electron chi connectivity index (χ1n) is 8.21. The summed E-state index contributed by atoms with van der Waals surface area (Å²) in [7, 11) is 0. The second-order valence-corrected chi connectivity index (χ2v) is 5.45. The van der Waals surface area contributed by atoms with Gasteiger partial charge >= 0.3 is 5.97 Å². The molecule has 0 spiro atoms. The lowest BCUT2D eigenvalue weighted by Crippen LogP contribution is -2.20. The zero-order chi connectivity index (χ0) is 18.4. The third-order valence-electron chi connectivity index (χ3n) is 3.64. The maximum atomic E-state index is 12.3. The first kappa shape index (κ1) is 17.4. The molecule has 0 N–H and O–H groups in total. The topological polar surface area (TPSA) is 70.4 Å². The number of benzene rings is 1. The van der Waals surface area contributed by atoms with E-state index >= 15 is 0 Å². The van der Waals surface area contributed by atoms with Gasteiger partial charge in [0.25, 0.3) is 5.56 Å². The zero-order valence-electron chi connectivity index (χ0n) is 14.3. The number of nitrogens with zero attached hydrogens (tertiary/aromatic N) is 2. The van der Waals surface area contributed by atoms with Gasteiger partial charge in [0.2, 0.25) is 0 Å². The summed E-state index contributed by atoms with van der Waals surface area (Å²) in [4.78, 5) is 28.5. The highest BCUT2D eigenvalue weighted by atomic mass is 16.5. The molecule has 0 aliphatic rings. The highest BCUT2D eigenvalue weighted by molar-refractivity contribution is 5.89. The Bertz CT molecular complexity index is 951. The van der Waals surface area contributed by atoms with Gasteiger partial charge in [-0.3, -0.25) is 9.36 Å². The van der Waals surface area contributed by atoms with Crippen molar-refractivity contribution in [3.63, 3.8) is 0 Å². The van der Waals surface area contributed by atoms with Gasteiger partial charge in [-0.25, -0.2) is 9.78 Å². The molecule has 0 amide bonds. The van der Waals surface area contributed by atoms with Gasteiger partial charge in [0.05, 0.1) is 12.2 Å². The van der Waals surface area contributed by atoms with E-state index in [4.69, 9.17) is 9.47 Å². The summed E-state index contributed by atoms with van der Waals surface area (Å²) < 4.78 is 12.1. The highest BCUT2D eigenvalue weighted by Crippen LogP contribution is 2.20. The molecule has 0 atom stereocenters. The third-order valence-corrected chi connectivity index (χ3v) is 3.64. The summed E-state index contributed by atoms with van der Waals surface area (Å²) in [6.45, 7) is 2.32. The van der Waals surface area contributed by atoms with Crippen LogP contribution in [-0.4, -0.2) is 22.1 Å². The van der Waals surface area contributed by atoms with Crippen LogP contribution < -0.4 is 10.3 Å². The van der Waals surface area contributed by atoms with E-state index in [1.165, 1.54) is 22.9 Å². The van der Waals surface area contributed by atoms with Crippen LogP contribution in [0.3, 0.4) is 0 Å². The van der Waals surface area contributed by atoms with E-state index in [1.807, 2.05) is 30.3 Å². The molecule has 3 rings (SSSR count). The fourth-order valence-corrected chi connectivity index (χ4v) is 2.40. The fraction of sp³-hybridized carbons (Fsp3) is 0.150. The minimum atomic E-state index is -0.496. The van der Waals surface area contributed by atoms with Gasteiger partial charge in [-0.1, -0.05) is 30.3 Å². The van der Waals surface area contributed by atoms with E-state index in [9.17, 15) is 9.59 Å². The molecule has 132 valence electrons. The molecule has 0 radical (unpaired) electrons. The highest BCUT2D eigenvalue weighted by Gasteiger charge is 2.13. The number of rotatable bonds is 6. The Morgan fingerprint density at radius 2 is 1.88 bits per heavy atom. The summed E-state index contributed by atoms with van der Waals surface area (Å²) in [6.07, 6.45) is 2.98. The molecule has 26 heavy (non-hydrogen) atoms. The molecule has 0 aliphatic heterocycles. The molecular formula is C20H18N2O4.